The molecule has 0 aliphatic carbocycles. The van der Waals surface area contributed by atoms with Gasteiger partial charge < -0.3 is 14.6 Å². The first-order valence-electron chi connectivity index (χ1n) is 10.8. The molecule has 4 rings (SSSR count). The van der Waals surface area contributed by atoms with E-state index < -0.39 is 0 Å². The maximum atomic E-state index is 12.3. The number of ether oxygens (including phenoxy) is 1. The van der Waals surface area contributed by atoms with Gasteiger partial charge in [0.1, 0.15) is 0 Å². The minimum atomic E-state index is -0.145. The van der Waals surface area contributed by atoms with Crippen LogP contribution in [0.3, 0.4) is 0 Å². The van der Waals surface area contributed by atoms with Crippen LogP contribution in [0.4, 0.5) is 0 Å². The molecule has 0 bridgehead atoms. The Morgan fingerprint density at radius 2 is 1.83 bits per heavy atom. The molecule has 2 aliphatic rings. The first-order valence-corrected chi connectivity index (χ1v) is 10.8. The fraction of sp³-hybridized carbons (Fsp3) is 0.565. The van der Waals surface area contributed by atoms with E-state index in [4.69, 9.17) is 9.26 Å². The molecule has 2 saturated heterocycles. The zero-order chi connectivity index (χ0) is 19.9. The van der Waals surface area contributed by atoms with Gasteiger partial charge in [-0.2, -0.15) is 0 Å². The van der Waals surface area contributed by atoms with Crippen molar-refractivity contribution in [3.05, 3.63) is 53.4 Å². The van der Waals surface area contributed by atoms with E-state index in [1.54, 1.807) is 6.07 Å². The zero-order valence-corrected chi connectivity index (χ0v) is 17.0. The molecule has 156 valence electrons. The number of rotatable bonds is 7. The quantitative estimate of drug-likeness (QED) is 0.777. The summed E-state index contributed by atoms with van der Waals surface area (Å²) < 4.78 is 10.8. The van der Waals surface area contributed by atoms with Crippen molar-refractivity contribution in [2.75, 3.05) is 32.8 Å². The van der Waals surface area contributed by atoms with Gasteiger partial charge in [-0.05, 0) is 62.6 Å². The third-order valence-electron chi connectivity index (χ3n) is 6.14. The number of hydrogen-bond donors (Lipinski definition) is 1. The number of carbonyl (C=O) groups excluding carboxylic acids is 1. The number of benzene rings is 1. The highest BCUT2D eigenvalue weighted by molar-refractivity contribution is 5.92. The van der Waals surface area contributed by atoms with Crippen molar-refractivity contribution >= 4 is 5.91 Å². The van der Waals surface area contributed by atoms with Crippen LogP contribution in [0.2, 0.25) is 0 Å². The summed E-state index contributed by atoms with van der Waals surface area (Å²) in [7, 11) is 0. The molecule has 1 N–H and O–H groups in total. The molecule has 1 amide bonds. The van der Waals surface area contributed by atoms with Crippen LogP contribution in [0.5, 0.6) is 0 Å². The van der Waals surface area contributed by atoms with Crippen LogP contribution in [0, 0.1) is 11.8 Å². The molecule has 0 saturated carbocycles. The Hall–Kier alpha value is -2.18. The highest BCUT2D eigenvalue weighted by atomic mass is 16.5. The molecule has 0 spiro atoms. The molecule has 0 radical (unpaired) electrons. The van der Waals surface area contributed by atoms with Gasteiger partial charge in [-0.15, -0.1) is 0 Å². The average molecular weight is 398 g/mol. The van der Waals surface area contributed by atoms with Gasteiger partial charge in [0, 0.05) is 25.8 Å². The number of aromatic nitrogens is 1. The summed E-state index contributed by atoms with van der Waals surface area (Å²) >= 11 is 0. The van der Waals surface area contributed by atoms with Gasteiger partial charge >= 0.3 is 0 Å². The van der Waals surface area contributed by atoms with E-state index in [-0.39, 0.29) is 5.91 Å². The summed E-state index contributed by atoms with van der Waals surface area (Å²) in [6.07, 6.45) is 5.56. The number of nitrogens with zero attached hydrogens (tertiary/aromatic N) is 2. The predicted octanol–water partition coefficient (Wildman–Crippen LogP) is 3.29. The lowest BCUT2D eigenvalue weighted by Crippen LogP contribution is -2.33. The minimum absolute atomic E-state index is 0.145. The molecule has 29 heavy (non-hydrogen) atoms. The van der Waals surface area contributed by atoms with Crippen LogP contribution < -0.4 is 5.32 Å². The van der Waals surface area contributed by atoms with E-state index in [0.717, 1.165) is 63.8 Å². The number of hydrogen-bond acceptors (Lipinski definition) is 5. The van der Waals surface area contributed by atoms with Gasteiger partial charge in [0.15, 0.2) is 11.5 Å². The van der Waals surface area contributed by atoms with Crippen LogP contribution in [0.25, 0.3) is 0 Å². The highest BCUT2D eigenvalue weighted by Gasteiger charge is 2.22. The fourth-order valence-electron chi connectivity index (χ4n) is 4.29. The third kappa shape index (κ3) is 5.90. The molecule has 0 unspecified atom stereocenters. The van der Waals surface area contributed by atoms with Crippen molar-refractivity contribution < 1.29 is 14.1 Å². The first-order chi connectivity index (χ1) is 14.3. The summed E-state index contributed by atoms with van der Waals surface area (Å²) in [5.41, 5.74) is 1.81. The lowest BCUT2D eigenvalue weighted by molar-refractivity contribution is 0.0641. The van der Waals surface area contributed by atoms with E-state index in [1.165, 1.54) is 18.4 Å². The van der Waals surface area contributed by atoms with Crippen LogP contribution in [-0.4, -0.2) is 48.8 Å². The maximum Gasteiger partial charge on any atom is 0.273 e. The molecule has 1 aromatic heterocycles. The van der Waals surface area contributed by atoms with Crippen molar-refractivity contribution in [2.24, 2.45) is 11.8 Å². The summed E-state index contributed by atoms with van der Waals surface area (Å²) in [6.45, 7) is 5.10. The second-order valence-electron chi connectivity index (χ2n) is 8.35. The molecular formula is C23H31N3O3. The van der Waals surface area contributed by atoms with Crippen LogP contribution >= 0.6 is 0 Å². The topological polar surface area (TPSA) is 67.6 Å². The molecular weight excluding hydrogens is 366 g/mol. The van der Waals surface area contributed by atoms with Gasteiger partial charge in [-0.3, -0.25) is 9.69 Å². The molecule has 6 nitrogen and oxygen atoms in total. The number of amides is 1. The number of nitrogens with one attached hydrogen (secondary N) is 1. The second-order valence-corrected chi connectivity index (χ2v) is 8.35. The van der Waals surface area contributed by atoms with Gasteiger partial charge in [0.25, 0.3) is 5.91 Å². The van der Waals surface area contributed by atoms with Crippen molar-refractivity contribution in [3.8, 4) is 0 Å². The van der Waals surface area contributed by atoms with Crippen LogP contribution in [-0.2, 0) is 17.7 Å². The highest BCUT2D eigenvalue weighted by Crippen LogP contribution is 2.23. The van der Waals surface area contributed by atoms with Crippen molar-refractivity contribution in [1.82, 2.24) is 15.4 Å². The summed E-state index contributed by atoms with van der Waals surface area (Å²) in [6, 6.07) is 12.5. The fourth-order valence-corrected chi connectivity index (χ4v) is 4.29. The van der Waals surface area contributed by atoms with E-state index in [2.05, 4.69) is 45.7 Å². The molecule has 2 aromatic rings. The zero-order valence-electron chi connectivity index (χ0n) is 17.0. The van der Waals surface area contributed by atoms with Crippen molar-refractivity contribution in [3.63, 3.8) is 0 Å². The Morgan fingerprint density at radius 1 is 1.07 bits per heavy atom. The van der Waals surface area contributed by atoms with Crippen LogP contribution in [0.15, 0.2) is 40.9 Å². The van der Waals surface area contributed by atoms with E-state index in [9.17, 15) is 4.79 Å². The Morgan fingerprint density at radius 3 is 2.59 bits per heavy atom. The Labute approximate surface area is 172 Å². The molecule has 6 heteroatoms. The van der Waals surface area contributed by atoms with Gasteiger partial charge in [0.2, 0.25) is 0 Å². The van der Waals surface area contributed by atoms with Crippen molar-refractivity contribution in [1.29, 1.82) is 0 Å². The second kappa shape index (κ2) is 10.0. The third-order valence-corrected chi connectivity index (χ3v) is 6.14. The van der Waals surface area contributed by atoms with E-state index in [0.29, 0.717) is 18.2 Å². The SMILES string of the molecule is O=C(NCC1CCOCC1)c1cc(CN2CCC(Cc3ccccc3)CC2)on1. The number of carbonyl (C=O) groups is 1. The van der Waals surface area contributed by atoms with Crippen molar-refractivity contribution in [2.45, 2.75) is 38.6 Å². The standard InChI is InChI=1S/C23H31N3O3/c27-23(24-16-20-8-12-28-13-9-20)22-15-21(29-25-22)17-26-10-6-19(7-11-26)14-18-4-2-1-3-5-18/h1-5,15,19-20H,6-14,16-17H2,(H,24,27). The molecule has 3 heterocycles. The maximum absolute atomic E-state index is 12.3. The average Bonchev–Trinajstić information content (AvgIpc) is 3.23. The predicted molar refractivity (Wildman–Crippen MR) is 111 cm³/mol. The number of piperidine rings is 1. The molecule has 1 aromatic carbocycles. The minimum Gasteiger partial charge on any atom is -0.381 e. The molecule has 2 aliphatic heterocycles. The summed E-state index contributed by atoms with van der Waals surface area (Å²) in [4.78, 5) is 14.7. The van der Waals surface area contributed by atoms with E-state index >= 15 is 0 Å². The normalized spacial score (nSPS) is 19.3. The molecule has 0 atom stereocenters. The Bertz CT molecular complexity index is 763. The first kappa shape index (κ1) is 20.1. The Balaban J connectivity index is 1.19. The van der Waals surface area contributed by atoms with Gasteiger partial charge in [-0.1, -0.05) is 35.5 Å². The van der Waals surface area contributed by atoms with Gasteiger partial charge in [-0.25, -0.2) is 0 Å². The number of likely N-dealkylation sites (tertiary alicyclic amines) is 1. The van der Waals surface area contributed by atoms with E-state index in [1.807, 2.05) is 0 Å². The lowest BCUT2D eigenvalue weighted by atomic mass is 9.90. The monoisotopic (exact) mass is 397 g/mol. The summed E-state index contributed by atoms with van der Waals surface area (Å²) in [5, 5.41) is 6.96. The largest absolute Gasteiger partial charge is 0.381 e. The smallest absolute Gasteiger partial charge is 0.273 e. The molecule has 2 fully saturated rings. The lowest BCUT2D eigenvalue weighted by Gasteiger charge is -2.31. The van der Waals surface area contributed by atoms with Gasteiger partial charge in [0.05, 0.1) is 6.54 Å². The summed E-state index contributed by atoms with van der Waals surface area (Å²) in [5.74, 6) is 1.86. The van der Waals surface area contributed by atoms with Crippen LogP contribution in [0.1, 0.15) is 47.5 Å². The Kier molecular flexibility index (Phi) is 6.96.